The predicted octanol–water partition coefficient (Wildman–Crippen LogP) is 3.15. The molecule has 1 atom stereocenters. The maximum Gasteiger partial charge on any atom is 0.338 e. The molecule has 2 aromatic rings. The van der Waals surface area contributed by atoms with Crippen LogP contribution >= 0.6 is 23.2 Å². The number of nitrogen functional groups attached to an aromatic ring is 1. The highest BCUT2D eigenvalue weighted by atomic mass is 35.5. The van der Waals surface area contributed by atoms with Crippen molar-refractivity contribution in [3.63, 3.8) is 0 Å². The minimum absolute atomic E-state index is 0.205. The van der Waals surface area contributed by atoms with E-state index in [0.29, 0.717) is 15.9 Å². The molecule has 120 valence electrons. The summed E-state index contributed by atoms with van der Waals surface area (Å²) in [5, 5.41) is 3.30. The van der Waals surface area contributed by atoms with Gasteiger partial charge in [0.25, 0.3) is 5.91 Å². The normalized spacial score (nSPS) is 11.6. The second-order valence-corrected chi connectivity index (χ2v) is 5.48. The van der Waals surface area contributed by atoms with E-state index in [1.54, 1.807) is 6.07 Å². The molecule has 0 saturated carbocycles. The number of benzene rings is 1. The summed E-state index contributed by atoms with van der Waals surface area (Å²) in [4.78, 5) is 27.9. The Morgan fingerprint density at radius 1 is 1.26 bits per heavy atom. The first-order valence-corrected chi connectivity index (χ1v) is 7.31. The molecule has 1 aromatic carbocycles. The third-order valence-corrected chi connectivity index (χ3v) is 3.43. The van der Waals surface area contributed by atoms with Crippen LogP contribution < -0.4 is 11.1 Å². The number of esters is 1. The molecule has 0 fully saturated rings. The lowest BCUT2D eigenvalue weighted by Crippen LogP contribution is -2.30. The third-order valence-electron chi connectivity index (χ3n) is 2.86. The molecule has 0 spiro atoms. The van der Waals surface area contributed by atoms with Crippen LogP contribution in [0.3, 0.4) is 0 Å². The summed E-state index contributed by atoms with van der Waals surface area (Å²) in [5.41, 5.74) is 6.08. The summed E-state index contributed by atoms with van der Waals surface area (Å²) in [6.07, 6.45) is 0.376. The van der Waals surface area contributed by atoms with Gasteiger partial charge in [-0.15, -0.1) is 0 Å². The van der Waals surface area contributed by atoms with Gasteiger partial charge in [-0.2, -0.15) is 0 Å². The highest BCUT2D eigenvalue weighted by molar-refractivity contribution is 6.33. The van der Waals surface area contributed by atoms with E-state index in [1.807, 2.05) is 0 Å². The Balaban J connectivity index is 1.98. The molecule has 23 heavy (non-hydrogen) atoms. The Bertz CT molecular complexity index is 735. The Morgan fingerprint density at radius 3 is 2.61 bits per heavy atom. The summed E-state index contributed by atoms with van der Waals surface area (Å²) in [6, 6.07) is 7.45. The summed E-state index contributed by atoms with van der Waals surface area (Å²) in [6.45, 7) is 1.45. The number of nitrogens with two attached hydrogens (primary N) is 1. The number of nitrogens with one attached hydrogen (secondary N) is 1. The number of hydrogen-bond donors (Lipinski definition) is 2. The van der Waals surface area contributed by atoms with Gasteiger partial charge in [-0.25, -0.2) is 9.78 Å². The predicted molar refractivity (Wildman–Crippen MR) is 88.6 cm³/mol. The molecule has 8 heteroatoms. The van der Waals surface area contributed by atoms with E-state index < -0.39 is 18.0 Å². The van der Waals surface area contributed by atoms with Gasteiger partial charge < -0.3 is 15.8 Å². The van der Waals surface area contributed by atoms with Crippen molar-refractivity contribution in [1.82, 2.24) is 4.98 Å². The van der Waals surface area contributed by atoms with E-state index in [9.17, 15) is 9.59 Å². The molecule has 0 unspecified atom stereocenters. The average molecular weight is 354 g/mol. The first kappa shape index (κ1) is 17.1. The molecule has 0 aliphatic rings. The van der Waals surface area contributed by atoms with E-state index in [4.69, 9.17) is 33.7 Å². The van der Waals surface area contributed by atoms with Crippen molar-refractivity contribution in [3.8, 4) is 0 Å². The van der Waals surface area contributed by atoms with Crippen LogP contribution in [0.5, 0.6) is 0 Å². The minimum atomic E-state index is -1.02. The molecule has 1 amide bonds. The third kappa shape index (κ3) is 4.58. The fraction of sp³-hybridized carbons (Fsp3) is 0.133. The van der Waals surface area contributed by atoms with Gasteiger partial charge in [-0.3, -0.25) is 4.79 Å². The van der Waals surface area contributed by atoms with Gasteiger partial charge in [-0.1, -0.05) is 23.2 Å². The summed E-state index contributed by atoms with van der Waals surface area (Å²) in [5.74, 6) is -0.895. The Labute approximate surface area is 142 Å². The van der Waals surface area contributed by atoms with E-state index in [1.165, 1.54) is 37.4 Å². The molecule has 0 aliphatic carbocycles. The Kier molecular flexibility index (Phi) is 5.41. The number of halogens is 2. The van der Waals surface area contributed by atoms with Crippen molar-refractivity contribution in [1.29, 1.82) is 0 Å². The van der Waals surface area contributed by atoms with E-state index in [-0.39, 0.29) is 11.3 Å². The fourth-order valence-corrected chi connectivity index (χ4v) is 1.86. The highest BCUT2D eigenvalue weighted by Gasteiger charge is 2.19. The van der Waals surface area contributed by atoms with Crippen LogP contribution in [0.15, 0.2) is 36.5 Å². The molecule has 0 saturated heterocycles. The molecule has 2 rings (SSSR count). The minimum Gasteiger partial charge on any atom is -0.449 e. The fourth-order valence-electron chi connectivity index (χ4n) is 1.63. The second kappa shape index (κ2) is 7.30. The monoisotopic (exact) mass is 353 g/mol. The molecular formula is C15H13Cl2N3O3. The van der Waals surface area contributed by atoms with Crippen LogP contribution in [0.4, 0.5) is 11.5 Å². The van der Waals surface area contributed by atoms with Crippen LogP contribution in [0.2, 0.25) is 10.0 Å². The molecule has 6 nitrogen and oxygen atoms in total. The van der Waals surface area contributed by atoms with Crippen LogP contribution in [-0.2, 0) is 9.53 Å². The molecule has 3 N–H and O–H groups in total. The van der Waals surface area contributed by atoms with E-state index in [2.05, 4.69) is 10.3 Å². The molecular weight excluding hydrogens is 341 g/mol. The lowest BCUT2D eigenvalue weighted by molar-refractivity contribution is -0.123. The van der Waals surface area contributed by atoms with Gasteiger partial charge >= 0.3 is 5.97 Å². The summed E-state index contributed by atoms with van der Waals surface area (Å²) >= 11 is 11.5. The lowest BCUT2D eigenvalue weighted by Gasteiger charge is -2.13. The maximum atomic E-state index is 12.0. The maximum absolute atomic E-state index is 12.0. The zero-order valence-electron chi connectivity index (χ0n) is 12.0. The van der Waals surface area contributed by atoms with Gasteiger partial charge in [0.1, 0.15) is 5.82 Å². The Morgan fingerprint density at radius 2 is 2.00 bits per heavy atom. The number of nitrogens with zero attached hydrogens (tertiary/aromatic N) is 1. The van der Waals surface area contributed by atoms with Crippen LogP contribution in [-0.4, -0.2) is 23.0 Å². The topological polar surface area (TPSA) is 94.3 Å². The molecule has 0 radical (unpaired) electrons. The SMILES string of the molecule is C[C@@H](OC(=O)c1ccc(Cl)c(N)c1)C(=O)Nc1ccc(Cl)cn1. The second-order valence-electron chi connectivity index (χ2n) is 4.63. The number of ether oxygens (including phenoxy) is 1. The molecule has 1 heterocycles. The summed E-state index contributed by atoms with van der Waals surface area (Å²) in [7, 11) is 0. The number of anilines is 2. The van der Waals surface area contributed by atoms with Crippen molar-refractivity contribution < 1.29 is 14.3 Å². The zero-order chi connectivity index (χ0) is 17.0. The smallest absolute Gasteiger partial charge is 0.338 e. The van der Waals surface area contributed by atoms with Gasteiger partial charge in [0.15, 0.2) is 6.10 Å². The number of carbonyl (C=O) groups is 2. The van der Waals surface area contributed by atoms with Crippen LogP contribution in [0.25, 0.3) is 0 Å². The van der Waals surface area contributed by atoms with Crippen molar-refractivity contribution in [2.75, 3.05) is 11.1 Å². The lowest BCUT2D eigenvalue weighted by atomic mass is 10.2. The van der Waals surface area contributed by atoms with Gasteiger partial charge in [0.2, 0.25) is 0 Å². The van der Waals surface area contributed by atoms with Crippen LogP contribution in [0.1, 0.15) is 17.3 Å². The summed E-state index contributed by atoms with van der Waals surface area (Å²) < 4.78 is 5.09. The number of aromatic nitrogens is 1. The largest absolute Gasteiger partial charge is 0.449 e. The Hall–Kier alpha value is -2.31. The van der Waals surface area contributed by atoms with Crippen LogP contribution in [0, 0.1) is 0 Å². The molecule has 1 aromatic heterocycles. The number of pyridine rings is 1. The molecule has 0 bridgehead atoms. The average Bonchev–Trinajstić information content (AvgIpc) is 2.52. The number of carbonyl (C=O) groups excluding carboxylic acids is 2. The highest BCUT2D eigenvalue weighted by Crippen LogP contribution is 2.20. The number of hydrogen-bond acceptors (Lipinski definition) is 5. The molecule has 0 aliphatic heterocycles. The van der Waals surface area contributed by atoms with E-state index in [0.717, 1.165) is 0 Å². The van der Waals surface area contributed by atoms with Gasteiger partial charge in [0, 0.05) is 6.20 Å². The first-order chi connectivity index (χ1) is 10.9. The van der Waals surface area contributed by atoms with Crippen molar-refractivity contribution in [2.24, 2.45) is 0 Å². The van der Waals surface area contributed by atoms with Gasteiger partial charge in [0.05, 0.1) is 21.3 Å². The number of rotatable bonds is 4. The zero-order valence-corrected chi connectivity index (χ0v) is 13.6. The quantitative estimate of drug-likeness (QED) is 0.650. The number of amides is 1. The van der Waals surface area contributed by atoms with Crippen molar-refractivity contribution >= 4 is 46.6 Å². The van der Waals surface area contributed by atoms with E-state index >= 15 is 0 Å². The van der Waals surface area contributed by atoms with Crippen molar-refractivity contribution in [2.45, 2.75) is 13.0 Å². The van der Waals surface area contributed by atoms with Crippen molar-refractivity contribution in [3.05, 3.63) is 52.1 Å². The first-order valence-electron chi connectivity index (χ1n) is 6.55. The standard InChI is InChI=1S/C15H13Cl2N3O3/c1-8(14(21)20-13-5-3-10(16)7-19-13)23-15(22)9-2-4-11(17)12(18)6-9/h2-8H,18H2,1H3,(H,19,20,21)/t8-/m1/s1. The van der Waals surface area contributed by atoms with Gasteiger partial charge in [-0.05, 0) is 37.3 Å².